The molecule has 0 aliphatic heterocycles. The quantitative estimate of drug-likeness (QED) is 0.831. The lowest BCUT2D eigenvalue weighted by atomic mass is 10.3. The number of rotatable bonds is 6. The summed E-state index contributed by atoms with van der Waals surface area (Å²) in [6.45, 7) is 1.70. The summed E-state index contributed by atoms with van der Waals surface area (Å²) < 4.78 is 50.7. The van der Waals surface area contributed by atoms with Gasteiger partial charge in [0.05, 0.1) is 4.90 Å². The Morgan fingerprint density at radius 2 is 2.11 bits per heavy atom. The fraction of sp³-hybridized carbons (Fsp3) is 0.455. The molecule has 0 spiro atoms. The number of hydrogen-bond acceptors (Lipinski definition) is 3. The molecule has 0 amide bonds. The predicted molar refractivity (Wildman–Crippen MR) is 77.4 cm³/mol. The topological polar surface area (TPSA) is 63.2 Å². The summed E-state index contributed by atoms with van der Waals surface area (Å²) in [6, 6.07) is 3.04. The highest BCUT2D eigenvalue weighted by Gasteiger charge is 2.20. The van der Waals surface area contributed by atoms with Crippen molar-refractivity contribution in [1.82, 2.24) is 4.72 Å². The number of hydrogen-bond donors (Lipinski definition) is 1. The summed E-state index contributed by atoms with van der Waals surface area (Å²) in [5, 5.41) is 0. The zero-order valence-corrected chi connectivity index (χ0v) is 13.7. The highest BCUT2D eigenvalue weighted by atomic mass is 79.9. The van der Waals surface area contributed by atoms with Crippen LogP contribution in [-0.2, 0) is 20.8 Å². The lowest BCUT2D eigenvalue weighted by Crippen LogP contribution is -2.33. The third-order valence-electron chi connectivity index (χ3n) is 2.38. The van der Waals surface area contributed by atoms with Crippen LogP contribution in [0.25, 0.3) is 0 Å². The van der Waals surface area contributed by atoms with Crippen molar-refractivity contribution in [2.24, 2.45) is 0 Å². The first-order valence-corrected chi connectivity index (χ1v) is 9.50. The highest BCUT2D eigenvalue weighted by Crippen LogP contribution is 2.22. The molecular formula is C11H15BrFNO3S2. The maximum absolute atomic E-state index is 12.9. The van der Waals surface area contributed by atoms with E-state index in [1.54, 1.807) is 13.2 Å². The van der Waals surface area contributed by atoms with E-state index >= 15 is 0 Å². The highest BCUT2D eigenvalue weighted by molar-refractivity contribution is 9.10. The van der Waals surface area contributed by atoms with Crippen LogP contribution in [-0.4, -0.2) is 30.7 Å². The minimum absolute atomic E-state index is 0.0154. The summed E-state index contributed by atoms with van der Waals surface area (Å²) in [7, 11) is -4.68. The Hall–Kier alpha value is -0.310. The van der Waals surface area contributed by atoms with Crippen LogP contribution in [0.2, 0.25) is 0 Å². The first-order valence-electron chi connectivity index (χ1n) is 5.50. The second-order valence-electron chi connectivity index (χ2n) is 4.16. The lowest BCUT2D eigenvalue weighted by molar-refractivity contribution is 0.554. The van der Waals surface area contributed by atoms with Crippen LogP contribution in [0, 0.1) is 5.82 Å². The van der Waals surface area contributed by atoms with Crippen LogP contribution >= 0.6 is 15.9 Å². The molecule has 8 heteroatoms. The van der Waals surface area contributed by atoms with Crippen molar-refractivity contribution in [3.05, 3.63) is 28.5 Å². The molecule has 1 aromatic carbocycles. The molecule has 19 heavy (non-hydrogen) atoms. The maximum atomic E-state index is 12.9. The third kappa shape index (κ3) is 5.29. The summed E-state index contributed by atoms with van der Waals surface area (Å²) in [5.74, 6) is -0.0888. The predicted octanol–water partition coefficient (Wildman–Crippen LogP) is 2.02. The van der Waals surface area contributed by atoms with Crippen LogP contribution in [0.4, 0.5) is 4.39 Å². The Balaban J connectivity index is 2.83. The molecule has 0 saturated carbocycles. The number of nitrogens with one attached hydrogen (secondary N) is 1. The molecule has 1 aromatic rings. The van der Waals surface area contributed by atoms with E-state index in [1.807, 2.05) is 0 Å². The molecule has 1 rings (SSSR count). The van der Waals surface area contributed by atoms with Gasteiger partial charge in [-0.25, -0.2) is 17.5 Å². The molecule has 0 saturated heterocycles. The molecule has 2 unspecified atom stereocenters. The molecule has 0 bridgehead atoms. The Bertz CT molecular complexity index is 577. The minimum atomic E-state index is -3.72. The number of benzene rings is 1. The average Bonchev–Trinajstić information content (AvgIpc) is 2.25. The minimum Gasteiger partial charge on any atom is -0.260 e. The first kappa shape index (κ1) is 16.7. The van der Waals surface area contributed by atoms with Crippen molar-refractivity contribution >= 4 is 36.8 Å². The van der Waals surface area contributed by atoms with E-state index < -0.39 is 26.6 Å². The van der Waals surface area contributed by atoms with Crippen molar-refractivity contribution in [2.45, 2.75) is 24.3 Å². The maximum Gasteiger partial charge on any atom is 0.241 e. The van der Waals surface area contributed by atoms with Crippen molar-refractivity contribution < 1.29 is 17.0 Å². The van der Waals surface area contributed by atoms with Crippen LogP contribution in [0.3, 0.4) is 0 Å². The largest absolute Gasteiger partial charge is 0.260 e. The molecule has 4 nitrogen and oxygen atoms in total. The molecule has 0 radical (unpaired) electrons. The summed E-state index contributed by atoms with van der Waals surface area (Å²) >= 11 is 3.03. The second kappa shape index (κ2) is 6.92. The average molecular weight is 372 g/mol. The SMILES string of the molecule is CC(CCS(C)=O)NS(=O)(=O)c1ccc(F)cc1Br. The molecule has 0 aliphatic carbocycles. The number of sulfonamides is 1. The Labute approximate surface area is 123 Å². The molecular weight excluding hydrogens is 357 g/mol. The molecule has 2 atom stereocenters. The summed E-state index contributed by atoms with van der Waals surface area (Å²) in [4.78, 5) is -0.0154. The van der Waals surface area contributed by atoms with Crippen LogP contribution in [0.1, 0.15) is 13.3 Å². The Morgan fingerprint density at radius 1 is 1.47 bits per heavy atom. The van der Waals surface area contributed by atoms with Gasteiger partial charge in [-0.15, -0.1) is 0 Å². The van der Waals surface area contributed by atoms with Gasteiger partial charge in [0.15, 0.2) is 0 Å². The van der Waals surface area contributed by atoms with Gasteiger partial charge in [0.2, 0.25) is 10.0 Å². The van der Waals surface area contributed by atoms with Gasteiger partial charge in [-0.2, -0.15) is 0 Å². The van der Waals surface area contributed by atoms with Crippen LogP contribution in [0.5, 0.6) is 0 Å². The van der Waals surface area contributed by atoms with Gasteiger partial charge < -0.3 is 0 Å². The standard InChI is InChI=1S/C11H15BrFNO3S2/c1-8(5-6-18(2)15)14-19(16,17)11-4-3-9(13)7-10(11)12/h3-4,7-8,14H,5-6H2,1-2H3. The lowest BCUT2D eigenvalue weighted by Gasteiger charge is -2.14. The van der Waals surface area contributed by atoms with E-state index in [9.17, 15) is 17.0 Å². The molecule has 0 aromatic heterocycles. The Kier molecular flexibility index (Phi) is 6.10. The Morgan fingerprint density at radius 3 is 2.63 bits per heavy atom. The second-order valence-corrected chi connectivity index (χ2v) is 8.25. The zero-order valence-electron chi connectivity index (χ0n) is 10.5. The fourth-order valence-corrected chi connectivity index (χ4v) is 4.44. The number of halogens is 2. The van der Waals surface area contributed by atoms with Crippen LogP contribution < -0.4 is 4.72 Å². The van der Waals surface area contributed by atoms with Gasteiger partial charge in [-0.3, -0.25) is 4.21 Å². The first-order chi connectivity index (χ1) is 8.72. The van der Waals surface area contributed by atoms with Crippen LogP contribution in [0.15, 0.2) is 27.6 Å². The van der Waals surface area contributed by atoms with Gasteiger partial charge in [0.25, 0.3) is 0 Å². The van der Waals surface area contributed by atoms with Gasteiger partial charge in [-0.05, 0) is 47.5 Å². The normalized spacial score (nSPS) is 15.2. The van der Waals surface area contributed by atoms with Crippen molar-refractivity contribution in [3.63, 3.8) is 0 Å². The van der Waals surface area contributed by atoms with E-state index in [4.69, 9.17) is 0 Å². The molecule has 0 fully saturated rings. The summed E-state index contributed by atoms with van der Waals surface area (Å²) in [5.41, 5.74) is 0. The van der Waals surface area contributed by atoms with Crippen molar-refractivity contribution in [1.29, 1.82) is 0 Å². The van der Waals surface area contributed by atoms with Gasteiger partial charge in [0.1, 0.15) is 5.82 Å². The summed E-state index contributed by atoms with van der Waals surface area (Å²) in [6.07, 6.45) is 2.04. The molecule has 0 aliphatic rings. The van der Waals surface area contributed by atoms with E-state index in [0.717, 1.165) is 12.1 Å². The van der Waals surface area contributed by atoms with E-state index in [1.165, 1.54) is 6.07 Å². The van der Waals surface area contributed by atoms with Gasteiger partial charge >= 0.3 is 0 Å². The van der Waals surface area contributed by atoms with Gasteiger partial charge in [0, 0.05) is 33.3 Å². The van der Waals surface area contributed by atoms with E-state index in [0.29, 0.717) is 12.2 Å². The van der Waals surface area contributed by atoms with Crippen molar-refractivity contribution in [2.75, 3.05) is 12.0 Å². The van der Waals surface area contributed by atoms with E-state index in [2.05, 4.69) is 20.7 Å². The monoisotopic (exact) mass is 371 g/mol. The smallest absolute Gasteiger partial charge is 0.241 e. The van der Waals surface area contributed by atoms with E-state index in [-0.39, 0.29) is 15.4 Å². The molecule has 108 valence electrons. The molecule has 0 heterocycles. The fourth-order valence-electron chi connectivity index (χ4n) is 1.42. The van der Waals surface area contributed by atoms with Crippen molar-refractivity contribution in [3.8, 4) is 0 Å². The van der Waals surface area contributed by atoms with Gasteiger partial charge in [-0.1, -0.05) is 0 Å². The third-order valence-corrected chi connectivity index (χ3v) is 5.75. The molecule has 1 N–H and O–H groups in total. The zero-order chi connectivity index (χ0) is 14.6.